The second-order valence-electron chi connectivity index (χ2n) is 13.2. The summed E-state index contributed by atoms with van der Waals surface area (Å²) in [4.78, 5) is 83.3. The summed E-state index contributed by atoms with van der Waals surface area (Å²) in [6, 6.07) is 10.4. The van der Waals surface area contributed by atoms with Gasteiger partial charge in [-0.3, -0.25) is 19.2 Å². The number of phenols is 8. The van der Waals surface area contributed by atoms with E-state index in [4.69, 9.17) is 0 Å². The van der Waals surface area contributed by atoms with Crippen molar-refractivity contribution in [1.29, 1.82) is 0 Å². The van der Waals surface area contributed by atoms with E-state index in [9.17, 15) is 100 Å². The molecule has 322 valence electrons. The van der Waals surface area contributed by atoms with E-state index in [1.807, 2.05) is 0 Å². The summed E-state index contributed by atoms with van der Waals surface area (Å²) in [7, 11) is 0. The van der Waals surface area contributed by atoms with Crippen LogP contribution >= 0.6 is 0 Å². The van der Waals surface area contributed by atoms with Gasteiger partial charge in [0.25, 0.3) is 11.2 Å². The van der Waals surface area contributed by atoms with Crippen molar-refractivity contribution in [2.24, 2.45) is 0 Å². The summed E-state index contributed by atoms with van der Waals surface area (Å²) in [5.74, 6) is -22.0. The van der Waals surface area contributed by atoms with Gasteiger partial charge in [-0.15, -0.1) is 0 Å². The Morgan fingerprint density at radius 3 is 0.742 bits per heavy atom. The average molecular weight is 859 g/mol. The maximum Gasteiger partial charge on any atom is 0.347 e. The topological polar surface area (TPSA) is 386 Å². The largest absolute Gasteiger partial charge is 0.504 e. The van der Waals surface area contributed by atoms with Crippen molar-refractivity contribution in [2.75, 3.05) is 0 Å². The molecule has 0 aliphatic rings. The Kier molecular flexibility index (Phi) is 13.1. The standard InChI is InChI=1S/C42H34O20/c43-25-9-1-21(17-29(25)47)5-13-33(51)39(59,37(55)56)41(61,35(53)15-7-23-3-11-27(45)31(49)19-23)42(62,36(54)16-8-24-4-12-28(46)32(50)20-24)40(60,38(57)58)34(52)14-6-22-2-10-26(44)30(48)18-22/h1-20,43-50,59-62H,(H,55,56)(H,57,58)/b13-5-,14-6+,15-7+,16-8-/t39-,40+,41+,42+/m0/s1. The number of carboxylic acid groups (broad SMARTS) is 2. The number of carboxylic acids is 2. The van der Waals surface area contributed by atoms with Gasteiger partial charge in [-0.25, -0.2) is 9.59 Å². The minimum Gasteiger partial charge on any atom is -0.504 e. The molecule has 0 aliphatic carbocycles. The molecule has 0 aliphatic heterocycles. The normalized spacial score (nSPS) is 15.7. The van der Waals surface area contributed by atoms with Gasteiger partial charge in [0.05, 0.1) is 0 Å². The summed E-state index contributed by atoms with van der Waals surface area (Å²) < 4.78 is 0. The number of rotatable bonds is 17. The van der Waals surface area contributed by atoms with Crippen LogP contribution in [-0.2, 0) is 28.8 Å². The lowest BCUT2D eigenvalue weighted by Crippen LogP contribution is -2.86. The third kappa shape index (κ3) is 8.28. The van der Waals surface area contributed by atoms with Crippen molar-refractivity contribution in [3.05, 3.63) is 119 Å². The van der Waals surface area contributed by atoms with E-state index in [1.165, 1.54) is 0 Å². The molecule has 20 heteroatoms. The van der Waals surface area contributed by atoms with Crippen molar-refractivity contribution in [1.82, 2.24) is 0 Å². The molecule has 0 bridgehead atoms. The molecule has 0 heterocycles. The van der Waals surface area contributed by atoms with Crippen LogP contribution in [0.4, 0.5) is 0 Å². The second-order valence-corrected chi connectivity index (χ2v) is 13.2. The molecule has 20 nitrogen and oxygen atoms in total. The van der Waals surface area contributed by atoms with Crippen LogP contribution in [0, 0.1) is 0 Å². The van der Waals surface area contributed by atoms with Crippen molar-refractivity contribution < 1.29 is 100 Å². The van der Waals surface area contributed by atoms with Crippen molar-refractivity contribution >= 4 is 59.4 Å². The molecule has 14 N–H and O–H groups in total. The summed E-state index contributed by atoms with van der Waals surface area (Å²) in [6.45, 7) is 0. The Hall–Kier alpha value is -8.30. The molecular formula is C42H34O20. The van der Waals surface area contributed by atoms with E-state index in [1.54, 1.807) is 0 Å². The molecule has 0 aromatic heterocycles. The van der Waals surface area contributed by atoms with Crippen LogP contribution in [0.2, 0.25) is 0 Å². The molecule has 4 aromatic carbocycles. The highest BCUT2D eigenvalue weighted by molar-refractivity contribution is 6.27. The van der Waals surface area contributed by atoms with Gasteiger partial charge in [-0.2, -0.15) is 0 Å². The van der Waals surface area contributed by atoms with Gasteiger partial charge in [0, 0.05) is 0 Å². The molecule has 0 spiro atoms. The number of carbonyl (C=O) groups is 6. The second kappa shape index (κ2) is 17.5. The number of hydrogen-bond donors (Lipinski definition) is 14. The first-order valence-electron chi connectivity index (χ1n) is 17.2. The van der Waals surface area contributed by atoms with Gasteiger partial charge in [0.15, 0.2) is 57.6 Å². The minimum atomic E-state index is -5.29. The number of phenolic OH excluding ortho intramolecular Hbond substituents is 8. The molecule has 4 atom stereocenters. The van der Waals surface area contributed by atoms with Crippen molar-refractivity contribution in [2.45, 2.75) is 22.4 Å². The monoisotopic (exact) mass is 858 g/mol. The zero-order valence-electron chi connectivity index (χ0n) is 31.3. The van der Waals surface area contributed by atoms with Gasteiger partial charge in [0.2, 0.25) is 22.8 Å². The zero-order chi connectivity index (χ0) is 46.5. The Bertz CT molecular complexity index is 2440. The van der Waals surface area contributed by atoms with Crippen LogP contribution in [0.5, 0.6) is 46.0 Å². The molecule has 0 unspecified atom stereocenters. The van der Waals surface area contributed by atoms with Crippen LogP contribution in [0.25, 0.3) is 24.3 Å². The maximum atomic E-state index is 14.5. The molecular weight excluding hydrogens is 824 g/mol. The first-order chi connectivity index (χ1) is 28.9. The molecule has 0 saturated carbocycles. The fourth-order valence-corrected chi connectivity index (χ4v) is 5.86. The first kappa shape index (κ1) is 46.4. The molecule has 4 rings (SSSR count). The highest BCUT2D eigenvalue weighted by Gasteiger charge is 2.83. The van der Waals surface area contributed by atoms with E-state index >= 15 is 0 Å². The van der Waals surface area contributed by atoms with E-state index < -0.39 is 103 Å². The molecule has 0 saturated heterocycles. The SMILES string of the molecule is O=C(O)[C@@](O)(C(=O)/C=C\c1ccc(O)c(O)c1)[C@](O)(C(=O)/C=C/c1ccc(O)c(O)c1)[C@@](O)(C(=O)/C=C\c1ccc(O)c(O)c1)[C@](O)(C(=O)O)C(=O)/C=C/c1ccc(O)c(O)c1. The molecule has 62 heavy (non-hydrogen) atoms. The summed E-state index contributed by atoms with van der Waals surface area (Å²) in [5.41, 5.74) is -21.8. The number of ketones is 4. The highest BCUT2D eigenvalue weighted by atomic mass is 16.5. The smallest absolute Gasteiger partial charge is 0.347 e. The van der Waals surface area contributed by atoms with Gasteiger partial charge in [-0.05, 0) is 95.1 Å². The Labute approximate surface area is 347 Å². The third-order valence-electron chi connectivity index (χ3n) is 9.32. The van der Waals surface area contributed by atoms with Gasteiger partial charge >= 0.3 is 11.9 Å². The van der Waals surface area contributed by atoms with E-state index in [-0.39, 0.29) is 46.6 Å². The Balaban J connectivity index is 2.15. The first-order valence-corrected chi connectivity index (χ1v) is 17.2. The summed E-state index contributed by atoms with van der Waals surface area (Å²) in [5, 5.41) is 149. The number of carbonyl (C=O) groups excluding carboxylic acids is 4. The number of hydrogen-bond acceptors (Lipinski definition) is 18. The fraction of sp³-hybridized carbons (Fsp3) is 0.0952. The van der Waals surface area contributed by atoms with Crippen LogP contribution < -0.4 is 0 Å². The van der Waals surface area contributed by atoms with Crippen LogP contribution in [-0.4, -0.2) is 129 Å². The van der Waals surface area contributed by atoms with Crippen LogP contribution in [0.1, 0.15) is 22.3 Å². The van der Waals surface area contributed by atoms with E-state index in [0.717, 1.165) is 72.8 Å². The summed E-state index contributed by atoms with van der Waals surface area (Å²) >= 11 is 0. The van der Waals surface area contributed by atoms with Crippen LogP contribution in [0.3, 0.4) is 0 Å². The maximum absolute atomic E-state index is 14.5. The van der Waals surface area contributed by atoms with Crippen molar-refractivity contribution in [3.8, 4) is 46.0 Å². The van der Waals surface area contributed by atoms with E-state index in [0.29, 0.717) is 24.3 Å². The highest BCUT2D eigenvalue weighted by Crippen LogP contribution is 2.45. The molecule has 0 radical (unpaired) electrons. The number of aromatic hydroxyl groups is 8. The minimum absolute atomic E-state index is 0.0243. The lowest BCUT2D eigenvalue weighted by molar-refractivity contribution is -0.261. The lowest BCUT2D eigenvalue weighted by atomic mass is 9.57. The van der Waals surface area contributed by atoms with Gasteiger partial charge in [0.1, 0.15) is 0 Å². The average Bonchev–Trinajstić information content (AvgIpc) is 3.23. The summed E-state index contributed by atoms with van der Waals surface area (Å²) in [6.07, 6.45) is 2.50. The van der Waals surface area contributed by atoms with Gasteiger partial charge in [-0.1, -0.05) is 48.6 Å². The predicted octanol–water partition coefficient (Wildman–Crippen LogP) is 0.855. The van der Waals surface area contributed by atoms with Gasteiger partial charge < -0.3 is 71.5 Å². The Morgan fingerprint density at radius 1 is 0.339 bits per heavy atom. The third-order valence-corrected chi connectivity index (χ3v) is 9.32. The quantitative estimate of drug-likeness (QED) is 0.0397. The van der Waals surface area contributed by atoms with Crippen LogP contribution in [0.15, 0.2) is 97.1 Å². The Morgan fingerprint density at radius 2 is 0.548 bits per heavy atom. The fourth-order valence-electron chi connectivity index (χ4n) is 5.86. The van der Waals surface area contributed by atoms with Crippen molar-refractivity contribution in [3.63, 3.8) is 0 Å². The number of benzene rings is 4. The number of aliphatic carboxylic acids is 2. The number of aliphatic hydroxyl groups is 4. The lowest BCUT2D eigenvalue weighted by Gasteiger charge is -2.50. The predicted molar refractivity (Wildman–Crippen MR) is 210 cm³/mol. The molecule has 4 aromatic rings. The molecule has 0 fully saturated rings. The zero-order valence-corrected chi connectivity index (χ0v) is 31.3. The molecule has 0 amide bonds. The van der Waals surface area contributed by atoms with E-state index in [2.05, 4.69) is 0 Å².